The zero-order chi connectivity index (χ0) is 21.9. The Morgan fingerprint density at radius 2 is 1.77 bits per heavy atom. The minimum absolute atomic E-state index is 0.188. The number of hydrogen-bond donors (Lipinski definition) is 1. The Balaban J connectivity index is 2.06. The van der Waals surface area contributed by atoms with Crippen molar-refractivity contribution in [3.63, 3.8) is 0 Å². The number of amides is 2. The number of nitrogens with one attached hydrogen (secondary N) is 1. The molecule has 2 aromatic carbocycles. The fourth-order valence-electron chi connectivity index (χ4n) is 2.99. The molecule has 0 aliphatic carbocycles. The molecule has 2 aromatic rings. The van der Waals surface area contributed by atoms with Crippen molar-refractivity contribution in [3.8, 4) is 0 Å². The molecule has 2 atom stereocenters. The van der Waals surface area contributed by atoms with Crippen LogP contribution in [-0.4, -0.2) is 36.9 Å². The number of nitrogens with zero attached hydrogens (tertiary/aromatic N) is 1. The lowest BCUT2D eigenvalue weighted by atomic mass is 9.97. The minimum Gasteiger partial charge on any atom is -0.449 e. The molecule has 0 bridgehead atoms. The molecule has 0 aromatic heterocycles. The number of rotatable bonds is 10. The molecule has 2 unspecified atom stereocenters. The molecule has 0 heterocycles. The summed E-state index contributed by atoms with van der Waals surface area (Å²) >= 11 is 0. The number of carbonyl (C=O) groups is 2. The zero-order valence-corrected chi connectivity index (χ0v) is 17.3. The van der Waals surface area contributed by atoms with E-state index in [1.54, 1.807) is 42.5 Å². The van der Waals surface area contributed by atoms with Gasteiger partial charge in [-0.25, -0.2) is 13.6 Å². The molecular weight excluding hydrogens is 390 g/mol. The first kappa shape index (κ1) is 23.3. The maximum atomic E-state index is 15.1. The lowest BCUT2D eigenvalue weighted by Crippen LogP contribution is -2.43. The fraction of sp³-hybridized carbons (Fsp3) is 0.391. The van der Waals surface area contributed by atoms with Crippen LogP contribution in [0.1, 0.15) is 31.7 Å². The highest BCUT2D eigenvalue weighted by atomic mass is 19.1. The summed E-state index contributed by atoms with van der Waals surface area (Å²) in [6.45, 7) is 2.03. The van der Waals surface area contributed by atoms with Gasteiger partial charge in [0.2, 0.25) is 5.91 Å². The van der Waals surface area contributed by atoms with Crippen molar-refractivity contribution in [2.45, 2.75) is 38.9 Å². The van der Waals surface area contributed by atoms with Gasteiger partial charge in [0.05, 0.1) is 12.5 Å². The van der Waals surface area contributed by atoms with Crippen LogP contribution in [0.3, 0.4) is 0 Å². The van der Waals surface area contributed by atoms with Gasteiger partial charge < -0.3 is 10.1 Å². The van der Waals surface area contributed by atoms with Crippen molar-refractivity contribution >= 4 is 17.7 Å². The standard InChI is InChI=1S/C23H28F2N2O3/c1-3-16-30-23(29)27(2)22(28)20(21(25)26-19-9-5-4-6-10-19)11-7-8-17-12-14-18(24)15-13-17/h4-6,9-10,12-15,20-21,26H,3,7-8,11,16H2,1-2H3. The van der Waals surface area contributed by atoms with Crippen LogP contribution >= 0.6 is 0 Å². The molecule has 2 amide bonds. The number of anilines is 1. The van der Waals surface area contributed by atoms with Gasteiger partial charge in [-0.05, 0) is 55.5 Å². The van der Waals surface area contributed by atoms with Crippen LogP contribution in [0.25, 0.3) is 0 Å². The quantitative estimate of drug-likeness (QED) is 0.541. The number of alkyl halides is 1. The number of benzene rings is 2. The summed E-state index contributed by atoms with van der Waals surface area (Å²) in [4.78, 5) is 25.8. The second kappa shape index (κ2) is 11.9. The second-order valence-electron chi connectivity index (χ2n) is 7.05. The van der Waals surface area contributed by atoms with Crippen LogP contribution in [0, 0.1) is 11.7 Å². The topological polar surface area (TPSA) is 58.6 Å². The van der Waals surface area contributed by atoms with Crippen molar-refractivity contribution in [1.82, 2.24) is 4.90 Å². The molecule has 0 spiro atoms. The third-order valence-electron chi connectivity index (χ3n) is 4.68. The Bertz CT molecular complexity index is 800. The molecule has 2 rings (SSSR count). The van der Waals surface area contributed by atoms with Crippen molar-refractivity contribution in [2.24, 2.45) is 5.92 Å². The van der Waals surface area contributed by atoms with Crippen molar-refractivity contribution in [2.75, 3.05) is 19.0 Å². The van der Waals surface area contributed by atoms with Crippen LogP contribution in [0.2, 0.25) is 0 Å². The molecule has 7 heteroatoms. The van der Waals surface area contributed by atoms with Crippen LogP contribution in [0.4, 0.5) is 19.3 Å². The van der Waals surface area contributed by atoms with E-state index in [1.807, 2.05) is 6.92 Å². The number of halogens is 2. The van der Waals surface area contributed by atoms with Crippen molar-refractivity contribution in [1.29, 1.82) is 0 Å². The lowest BCUT2D eigenvalue weighted by Gasteiger charge is -2.25. The fourth-order valence-corrected chi connectivity index (χ4v) is 2.99. The molecule has 0 radical (unpaired) electrons. The summed E-state index contributed by atoms with van der Waals surface area (Å²) in [6, 6.07) is 14.8. The van der Waals surface area contributed by atoms with Crippen LogP contribution in [-0.2, 0) is 16.0 Å². The van der Waals surface area contributed by atoms with E-state index in [-0.39, 0.29) is 18.8 Å². The van der Waals surface area contributed by atoms with Gasteiger partial charge in [-0.1, -0.05) is 37.3 Å². The molecule has 0 aliphatic rings. The van der Waals surface area contributed by atoms with Crippen molar-refractivity contribution < 1.29 is 23.1 Å². The summed E-state index contributed by atoms with van der Waals surface area (Å²) in [7, 11) is 1.29. The Labute approximate surface area is 176 Å². The monoisotopic (exact) mass is 418 g/mol. The van der Waals surface area contributed by atoms with Crippen LogP contribution in [0.5, 0.6) is 0 Å². The van der Waals surface area contributed by atoms with E-state index in [1.165, 1.54) is 19.2 Å². The van der Waals surface area contributed by atoms with Gasteiger partial charge in [0.15, 0.2) is 6.30 Å². The molecule has 1 N–H and O–H groups in total. The predicted octanol–water partition coefficient (Wildman–Crippen LogP) is 5.18. The number of imide groups is 1. The second-order valence-corrected chi connectivity index (χ2v) is 7.05. The number of carbonyl (C=O) groups excluding carboxylic acids is 2. The number of para-hydroxylation sites is 1. The van der Waals surface area contributed by atoms with Gasteiger partial charge in [-0.3, -0.25) is 9.69 Å². The van der Waals surface area contributed by atoms with Crippen molar-refractivity contribution in [3.05, 3.63) is 66.0 Å². The van der Waals surface area contributed by atoms with Gasteiger partial charge in [0.1, 0.15) is 5.82 Å². The van der Waals surface area contributed by atoms with Gasteiger partial charge in [0.25, 0.3) is 0 Å². The summed E-state index contributed by atoms with van der Waals surface area (Å²) in [5, 5.41) is 2.70. The maximum Gasteiger partial charge on any atom is 0.416 e. The predicted molar refractivity (Wildman–Crippen MR) is 112 cm³/mol. The molecule has 0 aliphatic heterocycles. The molecule has 162 valence electrons. The Morgan fingerprint density at radius 3 is 2.40 bits per heavy atom. The number of hydrogen-bond acceptors (Lipinski definition) is 4. The Hall–Kier alpha value is -2.96. The molecule has 0 saturated heterocycles. The van der Waals surface area contributed by atoms with E-state index in [0.29, 0.717) is 24.9 Å². The van der Waals surface area contributed by atoms with E-state index in [2.05, 4.69) is 5.32 Å². The highest BCUT2D eigenvalue weighted by Gasteiger charge is 2.33. The maximum absolute atomic E-state index is 15.1. The van der Waals surface area contributed by atoms with E-state index in [9.17, 15) is 14.0 Å². The summed E-state index contributed by atoms with van der Waals surface area (Å²) < 4.78 is 33.1. The van der Waals surface area contributed by atoms with E-state index < -0.39 is 24.2 Å². The van der Waals surface area contributed by atoms with Gasteiger partial charge in [-0.15, -0.1) is 0 Å². The first-order chi connectivity index (χ1) is 14.4. The molecule has 30 heavy (non-hydrogen) atoms. The number of aryl methyl sites for hydroxylation is 1. The largest absolute Gasteiger partial charge is 0.449 e. The highest BCUT2D eigenvalue weighted by molar-refractivity contribution is 5.93. The summed E-state index contributed by atoms with van der Waals surface area (Å²) in [6.07, 6.45) is -0.589. The zero-order valence-electron chi connectivity index (χ0n) is 17.3. The lowest BCUT2D eigenvalue weighted by molar-refractivity contribution is -0.134. The van der Waals surface area contributed by atoms with Gasteiger partial charge in [-0.2, -0.15) is 0 Å². The average molecular weight is 418 g/mol. The Kier molecular flexibility index (Phi) is 9.25. The third-order valence-corrected chi connectivity index (χ3v) is 4.68. The normalized spacial score (nSPS) is 12.7. The third kappa shape index (κ3) is 7.13. The van der Waals surface area contributed by atoms with Gasteiger partial charge in [0, 0.05) is 12.7 Å². The molecule has 0 saturated carbocycles. The SMILES string of the molecule is CCCOC(=O)N(C)C(=O)C(CCCc1ccc(F)cc1)C(F)Nc1ccccc1. The smallest absolute Gasteiger partial charge is 0.416 e. The van der Waals surface area contributed by atoms with Crippen LogP contribution in [0.15, 0.2) is 54.6 Å². The van der Waals surface area contributed by atoms with E-state index in [4.69, 9.17) is 4.74 Å². The highest BCUT2D eigenvalue weighted by Crippen LogP contribution is 2.22. The minimum atomic E-state index is -1.69. The van der Waals surface area contributed by atoms with Crippen LogP contribution < -0.4 is 5.32 Å². The number of ether oxygens (including phenoxy) is 1. The molecular formula is C23H28F2N2O3. The molecule has 0 fully saturated rings. The molecule has 5 nitrogen and oxygen atoms in total. The van der Waals surface area contributed by atoms with E-state index >= 15 is 4.39 Å². The first-order valence-electron chi connectivity index (χ1n) is 10.1. The average Bonchev–Trinajstić information content (AvgIpc) is 2.76. The van der Waals surface area contributed by atoms with Gasteiger partial charge >= 0.3 is 6.09 Å². The summed E-state index contributed by atoms with van der Waals surface area (Å²) in [5.74, 6) is -2.05. The first-order valence-corrected chi connectivity index (χ1v) is 10.1. The van der Waals surface area contributed by atoms with E-state index in [0.717, 1.165) is 10.5 Å². The Morgan fingerprint density at radius 1 is 1.10 bits per heavy atom. The summed E-state index contributed by atoms with van der Waals surface area (Å²) in [5.41, 5.74) is 1.43.